The quantitative estimate of drug-likeness (QED) is 0.932. The van der Waals surface area contributed by atoms with Crippen LogP contribution in [0.5, 0.6) is 0 Å². The van der Waals surface area contributed by atoms with Crippen molar-refractivity contribution in [2.45, 2.75) is 6.54 Å². The van der Waals surface area contributed by atoms with E-state index in [9.17, 15) is 4.79 Å². The van der Waals surface area contributed by atoms with Crippen LogP contribution in [0.15, 0.2) is 42.6 Å². The van der Waals surface area contributed by atoms with E-state index in [1.165, 1.54) is 12.3 Å². The highest BCUT2D eigenvalue weighted by atomic mass is 35.5. The molecule has 0 atom stereocenters. The third kappa shape index (κ3) is 3.45. The summed E-state index contributed by atoms with van der Waals surface area (Å²) in [5.74, 6) is -0.348. The minimum atomic E-state index is -0.959. The number of carboxylic acids is 1. The molecule has 0 aliphatic carbocycles. The number of hydrogen-bond donors (Lipinski definition) is 1. The Morgan fingerprint density at radius 2 is 2.16 bits per heavy atom. The summed E-state index contributed by atoms with van der Waals surface area (Å²) >= 11 is 5.93. The lowest BCUT2D eigenvalue weighted by atomic mass is 10.2. The molecule has 1 N–H and O–H groups in total. The first-order valence-electron chi connectivity index (χ1n) is 5.71. The molecule has 0 unspecified atom stereocenters. The van der Waals surface area contributed by atoms with Crippen LogP contribution in [-0.4, -0.2) is 23.1 Å². The Morgan fingerprint density at radius 1 is 1.37 bits per heavy atom. The molecule has 0 amide bonds. The fourth-order valence-electron chi connectivity index (χ4n) is 1.75. The van der Waals surface area contributed by atoms with Crippen LogP contribution < -0.4 is 4.90 Å². The molecule has 0 radical (unpaired) electrons. The third-order valence-electron chi connectivity index (χ3n) is 2.69. The van der Waals surface area contributed by atoms with Gasteiger partial charge in [0.1, 0.15) is 5.82 Å². The molecule has 98 valence electrons. The van der Waals surface area contributed by atoms with Crippen molar-refractivity contribution >= 4 is 23.4 Å². The third-order valence-corrected chi connectivity index (χ3v) is 2.93. The molecule has 0 aliphatic rings. The summed E-state index contributed by atoms with van der Waals surface area (Å²) in [7, 11) is 1.86. The Hall–Kier alpha value is -2.07. The molecule has 1 aromatic heterocycles. The molecular weight excluding hydrogens is 264 g/mol. The van der Waals surface area contributed by atoms with Crippen LogP contribution in [0, 0.1) is 0 Å². The number of hydrogen-bond acceptors (Lipinski definition) is 3. The Kier molecular flexibility index (Phi) is 4.02. The minimum Gasteiger partial charge on any atom is -0.478 e. The fourth-order valence-corrected chi connectivity index (χ4v) is 1.96. The predicted octanol–water partition coefficient (Wildman–Crippen LogP) is 3.07. The minimum absolute atomic E-state index is 0.225. The van der Waals surface area contributed by atoms with Gasteiger partial charge in [0.2, 0.25) is 0 Å². The second-order valence-corrected chi connectivity index (χ2v) is 4.63. The number of aromatic carboxylic acids is 1. The topological polar surface area (TPSA) is 53.4 Å². The monoisotopic (exact) mass is 276 g/mol. The number of pyridine rings is 1. The normalized spacial score (nSPS) is 10.2. The first-order valence-corrected chi connectivity index (χ1v) is 6.09. The van der Waals surface area contributed by atoms with E-state index in [4.69, 9.17) is 16.7 Å². The summed E-state index contributed by atoms with van der Waals surface area (Å²) in [6, 6.07) is 10.6. The highest BCUT2D eigenvalue weighted by molar-refractivity contribution is 6.30. The van der Waals surface area contributed by atoms with Crippen LogP contribution in [0.25, 0.3) is 0 Å². The average Bonchev–Trinajstić information content (AvgIpc) is 2.39. The van der Waals surface area contributed by atoms with Crippen LogP contribution in [0.4, 0.5) is 5.82 Å². The molecular formula is C14H13ClN2O2. The predicted molar refractivity (Wildman–Crippen MR) is 74.8 cm³/mol. The molecule has 0 saturated carbocycles. The maximum atomic E-state index is 10.9. The van der Waals surface area contributed by atoms with E-state index in [0.717, 1.165) is 5.56 Å². The van der Waals surface area contributed by atoms with E-state index < -0.39 is 5.97 Å². The van der Waals surface area contributed by atoms with Crippen molar-refractivity contribution in [2.75, 3.05) is 11.9 Å². The zero-order valence-electron chi connectivity index (χ0n) is 10.4. The number of rotatable bonds is 4. The van der Waals surface area contributed by atoms with E-state index >= 15 is 0 Å². The van der Waals surface area contributed by atoms with Crippen molar-refractivity contribution in [1.82, 2.24) is 4.98 Å². The van der Waals surface area contributed by atoms with Crippen molar-refractivity contribution in [3.05, 3.63) is 58.7 Å². The van der Waals surface area contributed by atoms with Gasteiger partial charge in [0.15, 0.2) is 0 Å². The van der Waals surface area contributed by atoms with E-state index in [0.29, 0.717) is 17.4 Å². The zero-order chi connectivity index (χ0) is 13.8. The standard InChI is InChI=1S/C14H13ClN2O2/c1-17(9-10-3-2-4-12(15)7-10)13-8-11(14(18)19)5-6-16-13/h2-8H,9H2,1H3,(H,18,19). The first kappa shape index (κ1) is 13.4. The number of halogens is 1. The number of benzene rings is 1. The molecule has 1 aromatic carbocycles. The van der Waals surface area contributed by atoms with Gasteiger partial charge in [-0.1, -0.05) is 23.7 Å². The molecule has 2 aromatic rings. The SMILES string of the molecule is CN(Cc1cccc(Cl)c1)c1cc(C(=O)O)ccn1. The van der Waals surface area contributed by atoms with Gasteiger partial charge >= 0.3 is 5.97 Å². The lowest BCUT2D eigenvalue weighted by Crippen LogP contribution is -2.18. The largest absolute Gasteiger partial charge is 0.478 e. The number of carboxylic acid groups (broad SMARTS) is 1. The van der Waals surface area contributed by atoms with Crippen molar-refractivity contribution < 1.29 is 9.90 Å². The van der Waals surface area contributed by atoms with Crippen molar-refractivity contribution in [2.24, 2.45) is 0 Å². The Morgan fingerprint density at radius 3 is 2.84 bits per heavy atom. The highest BCUT2D eigenvalue weighted by Crippen LogP contribution is 2.16. The number of anilines is 1. The summed E-state index contributed by atoms with van der Waals surface area (Å²) < 4.78 is 0. The molecule has 1 heterocycles. The van der Waals surface area contributed by atoms with Gasteiger partial charge in [-0.2, -0.15) is 0 Å². The van der Waals surface area contributed by atoms with Gasteiger partial charge < -0.3 is 10.0 Å². The number of nitrogens with zero attached hydrogens (tertiary/aromatic N) is 2. The molecule has 4 nitrogen and oxygen atoms in total. The number of carbonyl (C=O) groups is 1. The van der Waals surface area contributed by atoms with E-state index in [1.54, 1.807) is 6.07 Å². The Labute approximate surface area is 116 Å². The van der Waals surface area contributed by atoms with Gasteiger partial charge in [-0.15, -0.1) is 0 Å². The second kappa shape index (κ2) is 5.71. The van der Waals surface area contributed by atoms with Crippen LogP contribution in [0.3, 0.4) is 0 Å². The summed E-state index contributed by atoms with van der Waals surface area (Å²) in [6.07, 6.45) is 1.49. The van der Waals surface area contributed by atoms with Crippen molar-refractivity contribution in [3.63, 3.8) is 0 Å². The van der Waals surface area contributed by atoms with Gasteiger partial charge in [0.05, 0.1) is 5.56 Å². The fraction of sp³-hybridized carbons (Fsp3) is 0.143. The van der Waals surface area contributed by atoms with Crippen molar-refractivity contribution in [3.8, 4) is 0 Å². The maximum Gasteiger partial charge on any atom is 0.335 e. The summed E-state index contributed by atoms with van der Waals surface area (Å²) in [5.41, 5.74) is 1.26. The molecule has 0 bridgehead atoms. The molecule has 0 aliphatic heterocycles. The molecule has 0 fully saturated rings. The van der Waals surface area contributed by atoms with E-state index in [-0.39, 0.29) is 5.56 Å². The van der Waals surface area contributed by atoms with Gasteiger partial charge in [0, 0.05) is 24.8 Å². The van der Waals surface area contributed by atoms with Gasteiger partial charge in [0.25, 0.3) is 0 Å². The van der Waals surface area contributed by atoms with Gasteiger partial charge in [-0.25, -0.2) is 9.78 Å². The second-order valence-electron chi connectivity index (χ2n) is 4.19. The maximum absolute atomic E-state index is 10.9. The average molecular weight is 277 g/mol. The summed E-state index contributed by atoms with van der Waals surface area (Å²) in [5, 5.41) is 9.63. The Balaban J connectivity index is 2.18. The van der Waals surface area contributed by atoms with Gasteiger partial charge in [-0.3, -0.25) is 0 Å². The van der Waals surface area contributed by atoms with Crippen LogP contribution in [0.2, 0.25) is 5.02 Å². The van der Waals surface area contributed by atoms with E-state index in [1.807, 2.05) is 36.2 Å². The lowest BCUT2D eigenvalue weighted by Gasteiger charge is -2.18. The first-order chi connectivity index (χ1) is 9.06. The van der Waals surface area contributed by atoms with Gasteiger partial charge in [-0.05, 0) is 29.8 Å². The molecule has 2 rings (SSSR count). The smallest absolute Gasteiger partial charge is 0.335 e. The molecule has 0 saturated heterocycles. The van der Waals surface area contributed by atoms with Crippen LogP contribution in [0.1, 0.15) is 15.9 Å². The molecule has 19 heavy (non-hydrogen) atoms. The highest BCUT2D eigenvalue weighted by Gasteiger charge is 2.08. The van der Waals surface area contributed by atoms with Crippen molar-refractivity contribution in [1.29, 1.82) is 0 Å². The summed E-state index contributed by atoms with van der Waals surface area (Å²) in [4.78, 5) is 17.0. The molecule has 5 heteroatoms. The van der Waals surface area contributed by atoms with Crippen LogP contribution in [-0.2, 0) is 6.54 Å². The van der Waals surface area contributed by atoms with E-state index in [2.05, 4.69) is 4.98 Å². The lowest BCUT2D eigenvalue weighted by molar-refractivity contribution is 0.0697. The summed E-state index contributed by atoms with van der Waals surface area (Å²) in [6.45, 7) is 0.608. The zero-order valence-corrected chi connectivity index (χ0v) is 11.1. The number of aromatic nitrogens is 1. The Bertz CT molecular complexity index is 602. The van der Waals surface area contributed by atoms with Crippen LogP contribution >= 0.6 is 11.6 Å². The molecule has 0 spiro atoms.